The second kappa shape index (κ2) is 4.88. The third kappa shape index (κ3) is 2.33. The fourth-order valence-electron chi connectivity index (χ4n) is 1.84. The van der Waals surface area contributed by atoms with Gasteiger partial charge in [-0.15, -0.1) is 0 Å². The van der Waals surface area contributed by atoms with Gasteiger partial charge < -0.3 is 9.80 Å². The fraction of sp³-hybridized carbons (Fsp3) is 0.308. The molecule has 5 heteroatoms. The largest absolute Gasteiger partial charge is 0.342 e. The van der Waals surface area contributed by atoms with Crippen molar-refractivity contribution in [3.63, 3.8) is 0 Å². The molecule has 92 valence electrons. The maximum absolute atomic E-state index is 12.2. The Hall–Kier alpha value is -2.35. The third-order valence-electron chi connectivity index (χ3n) is 2.98. The standard InChI is InChI=1S/C13H13N3O2/c1-15-5-6-16(9-12(15)17)13(18)11-4-2-3-10(7-11)8-14/h2-4,7H,5-6,9H2,1H3. The highest BCUT2D eigenvalue weighted by Crippen LogP contribution is 2.10. The number of amides is 2. The first-order chi connectivity index (χ1) is 8.61. The zero-order valence-corrected chi connectivity index (χ0v) is 10.1. The molecule has 2 amide bonds. The van der Waals surface area contributed by atoms with E-state index < -0.39 is 0 Å². The molecule has 0 N–H and O–H groups in total. The van der Waals surface area contributed by atoms with Crippen molar-refractivity contribution in [2.45, 2.75) is 0 Å². The van der Waals surface area contributed by atoms with E-state index in [1.54, 1.807) is 36.2 Å². The number of carbonyl (C=O) groups is 2. The van der Waals surface area contributed by atoms with Crippen LogP contribution in [-0.4, -0.2) is 48.3 Å². The predicted octanol–water partition coefficient (Wildman–Crippen LogP) is 0.472. The molecule has 2 rings (SSSR count). The van der Waals surface area contributed by atoms with Crippen LogP contribution >= 0.6 is 0 Å². The van der Waals surface area contributed by atoms with Crippen molar-refractivity contribution in [1.82, 2.24) is 9.80 Å². The molecule has 1 fully saturated rings. The van der Waals surface area contributed by atoms with Gasteiger partial charge in [-0.05, 0) is 18.2 Å². The highest BCUT2D eigenvalue weighted by Gasteiger charge is 2.25. The quantitative estimate of drug-likeness (QED) is 0.720. The van der Waals surface area contributed by atoms with Crippen molar-refractivity contribution in [3.05, 3.63) is 35.4 Å². The lowest BCUT2D eigenvalue weighted by Crippen LogP contribution is -2.50. The first-order valence-electron chi connectivity index (χ1n) is 5.65. The molecule has 5 nitrogen and oxygen atoms in total. The molecule has 0 aromatic heterocycles. The number of benzene rings is 1. The number of nitriles is 1. The molecule has 0 spiro atoms. The minimum absolute atomic E-state index is 0.0639. The zero-order valence-electron chi connectivity index (χ0n) is 10.1. The Morgan fingerprint density at radius 3 is 2.83 bits per heavy atom. The van der Waals surface area contributed by atoms with Crippen LogP contribution in [-0.2, 0) is 4.79 Å². The summed E-state index contributed by atoms with van der Waals surface area (Å²) in [6, 6.07) is 8.52. The fourth-order valence-corrected chi connectivity index (χ4v) is 1.84. The van der Waals surface area contributed by atoms with Crippen molar-refractivity contribution in [2.24, 2.45) is 0 Å². The van der Waals surface area contributed by atoms with Crippen molar-refractivity contribution in [3.8, 4) is 6.07 Å². The van der Waals surface area contributed by atoms with E-state index in [0.717, 1.165) is 0 Å². The second-order valence-electron chi connectivity index (χ2n) is 4.23. The van der Waals surface area contributed by atoms with Crippen LogP contribution in [0.15, 0.2) is 24.3 Å². The molecule has 1 saturated heterocycles. The van der Waals surface area contributed by atoms with Gasteiger partial charge in [-0.2, -0.15) is 5.26 Å². The van der Waals surface area contributed by atoms with Crippen LogP contribution in [0.2, 0.25) is 0 Å². The molecule has 1 aliphatic heterocycles. The lowest BCUT2D eigenvalue weighted by atomic mass is 10.1. The van der Waals surface area contributed by atoms with E-state index in [9.17, 15) is 9.59 Å². The maximum atomic E-state index is 12.2. The molecule has 0 aliphatic carbocycles. The van der Waals surface area contributed by atoms with Gasteiger partial charge in [0, 0.05) is 25.7 Å². The summed E-state index contributed by atoms with van der Waals surface area (Å²) in [4.78, 5) is 26.8. The van der Waals surface area contributed by atoms with Crippen molar-refractivity contribution in [2.75, 3.05) is 26.7 Å². The van der Waals surface area contributed by atoms with Gasteiger partial charge in [-0.25, -0.2) is 0 Å². The molecule has 0 radical (unpaired) electrons. The summed E-state index contributed by atoms with van der Waals surface area (Å²) < 4.78 is 0. The number of hydrogen-bond acceptors (Lipinski definition) is 3. The lowest BCUT2D eigenvalue weighted by Gasteiger charge is -2.32. The van der Waals surface area contributed by atoms with E-state index in [4.69, 9.17) is 5.26 Å². The molecule has 0 bridgehead atoms. The number of likely N-dealkylation sites (N-methyl/N-ethyl adjacent to an activating group) is 1. The average Bonchev–Trinajstić information content (AvgIpc) is 2.41. The summed E-state index contributed by atoms with van der Waals surface area (Å²) in [5, 5.41) is 8.80. The Morgan fingerprint density at radius 2 is 2.17 bits per heavy atom. The number of nitrogens with zero attached hydrogens (tertiary/aromatic N) is 3. The van der Waals surface area contributed by atoms with Gasteiger partial charge in [0.2, 0.25) is 5.91 Å². The van der Waals surface area contributed by atoms with Gasteiger partial charge in [0.15, 0.2) is 0 Å². The SMILES string of the molecule is CN1CCN(C(=O)c2cccc(C#N)c2)CC1=O. The van der Waals surface area contributed by atoms with Crippen LogP contribution in [0.5, 0.6) is 0 Å². The Kier molecular flexibility index (Phi) is 3.28. The summed E-state index contributed by atoms with van der Waals surface area (Å²) in [5.74, 6) is -0.264. The van der Waals surface area contributed by atoms with Crippen LogP contribution in [0.3, 0.4) is 0 Å². The topological polar surface area (TPSA) is 64.4 Å². The van der Waals surface area contributed by atoms with Crippen LogP contribution < -0.4 is 0 Å². The molecule has 0 unspecified atom stereocenters. The van der Waals surface area contributed by atoms with E-state index in [1.807, 2.05) is 6.07 Å². The predicted molar refractivity (Wildman–Crippen MR) is 64.7 cm³/mol. The Balaban J connectivity index is 2.16. The number of carbonyl (C=O) groups excluding carboxylic acids is 2. The van der Waals surface area contributed by atoms with Crippen LogP contribution in [0.4, 0.5) is 0 Å². The van der Waals surface area contributed by atoms with Crippen molar-refractivity contribution >= 4 is 11.8 Å². The van der Waals surface area contributed by atoms with Gasteiger partial charge in [0.25, 0.3) is 5.91 Å². The monoisotopic (exact) mass is 243 g/mol. The number of hydrogen-bond donors (Lipinski definition) is 0. The Labute approximate surface area is 105 Å². The van der Waals surface area contributed by atoms with Gasteiger partial charge in [-0.1, -0.05) is 6.07 Å². The number of rotatable bonds is 1. The van der Waals surface area contributed by atoms with Crippen LogP contribution in [0, 0.1) is 11.3 Å². The molecule has 18 heavy (non-hydrogen) atoms. The second-order valence-corrected chi connectivity index (χ2v) is 4.23. The smallest absolute Gasteiger partial charge is 0.254 e. The molecular weight excluding hydrogens is 230 g/mol. The van der Waals surface area contributed by atoms with E-state index in [1.165, 1.54) is 4.90 Å². The third-order valence-corrected chi connectivity index (χ3v) is 2.98. The minimum atomic E-state index is -0.200. The highest BCUT2D eigenvalue weighted by molar-refractivity contribution is 5.97. The minimum Gasteiger partial charge on any atom is -0.342 e. The summed E-state index contributed by atoms with van der Waals surface area (Å²) in [6.45, 7) is 1.17. The van der Waals surface area contributed by atoms with E-state index in [2.05, 4.69) is 0 Å². The van der Waals surface area contributed by atoms with E-state index >= 15 is 0 Å². The summed E-state index contributed by atoms with van der Waals surface area (Å²) in [7, 11) is 1.72. The average molecular weight is 243 g/mol. The van der Waals surface area contributed by atoms with E-state index in [-0.39, 0.29) is 18.4 Å². The van der Waals surface area contributed by atoms with Gasteiger partial charge >= 0.3 is 0 Å². The normalized spacial score (nSPS) is 15.4. The molecule has 1 aromatic rings. The first kappa shape index (κ1) is 12.1. The van der Waals surface area contributed by atoms with Crippen molar-refractivity contribution < 1.29 is 9.59 Å². The lowest BCUT2D eigenvalue weighted by molar-refractivity contribution is -0.133. The summed E-state index contributed by atoms with van der Waals surface area (Å²) in [6.07, 6.45) is 0. The Bertz CT molecular complexity index is 533. The van der Waals surface area contributed by atoms with Crippen LogP contribution in [0.25, 0.3) is 0 Å². The van der Waals surface area contributed by atoms with Crippen molar-refractivity contribution in [1.29, 1.82) is 5.26 Å². The molecule has 1 heterocycles. The van der Waals surface area contributed by atoms with E-state index in [0.29, 0.717) is 24.2 Å². The van der Waals surface area contributed by atoms with Gasteiger partial charge in [0.05, 0.1) is 11.6 Å². The van der Waals surface area contributed by atoms with Gasteiger partial charge in [0.1, 0.15) is 6.54 Å². The summed E-state index contributed by atoms with van der Waals surface area (Å²) in [5.41, 5.74) is 0.896. The Morgan fingerprint density at radius 1 is 1.39 bits per heavy atom. The zero-order chi connectivity index (χ0) is 13.1. The molecular formula is C13H13N3O2. The first-order valence-corrected chi connectivity index (χ1v) is 5.65. The molecule has 0 saturated carbocycles. The molecule has 0 atom stereocenters. The highest BCUT2D eigenvalue weighted by atomic mass is 16.2. The van der Waals surface area contributed by atoms with Crippen LogP contribution in [0.1, 0.15) is 15.9 Å². The summed E-state index contributed by atoms with van der Waals surface area (Å²) >= 11 is 0. The maximum Gasteiger partial charge on any atom is 0.254 e. The van der Waals surface area contributed by atoms with Gasteiger partial charge in [-0.3, -0.25) is 9.59 Å². The molecule has 1 aromatic carbocycles. The molecule has 1 aliphatic rings. The number of piperazine rings is 1.